The lowest BCUT2D eigenvalue weighted by Crippen LogP contribution is -2.47. The molecule has 0 radical (unpaired) electrons. The molecule has 8 heterocycles. The second kappa shape index (κ2) is 43.5. The summed E-state index contributed by atoms with van der Waals surface area (Å²) < 4.78 is 31.3. The largest absolute Gasteiger partial charge is 0.363 e. The zero-order valence-corrected chi connectivity index (χ0v) is 71.5. The van der Waals surface area contributed by atoms with E-state index < -0.39 is 101 Å². The van der Waals surface area contributed by atoms with E-state index in [2.05, 4.69) is 81.5 Å². The number of para-hydroxylation sites is 3. The van der Waals surface area contributed by atoms with Gasteiger partial charge in [0.25, 0.3) is 65.1 Å². The van der Waals surface area contributed by atoms with E-state index in [1.807, 2.05) is 103 Å². The number of Topliss-reactive ketones (excluding diaryl/α,β-unsaturated/α-hetero) is 4. The molecule has 0 spiro atoms. The van der Waals surface area contributed by atoms with Crippen LogP contribution in [-0.4, -0.2) is 174 Å². The summed E-state index contributed by atoms with van der Waals surface area (Å²) >= 11 is 0. The minimum absolute atomic E-state index is 0.0253. The van der Waals surface area contributed by atoms with Crippen LogP contribution in [0.5, 0.6) is 0 Å². The van der Waals surface area contributed by atoms with E-state index >= 15 is 0 Å². The number of carbonyl (C=O) groups is 12. The second-order valence-corrected chi connectivity index (χ2v) is 29.9. The van der Waals surface area contributed by atoms with Crippen LogP contribution in [0.3, 0.4) is 0 Å². The first-order valence-corrected chi connectivity index (χ1v) is 41.1. The summed E-state index contributed by atoms with van der Waals surface area (Å²) in [4.78, 5) is 182. The van der Waals surface area contributed by atoms with Crippen molar-refractivity contribution in [3.63, 3.8) is 0 Å². The highest BCUT2D eigenvalue weighted by atomic mass is 19.3. The molecule has 8 amide bonds. The van der Waals surface area contributed by atoms with Crippen molar-refractivity contribution in [3.05, 3.63) is 354 Å². The van der Waals surface area contributed by atoms with Gasteiger partial charge in [-0.15, -0.1) is 0 Å². The van der Waals surface area contributed by atoms with E-state index in [4.69, 9.17) is 22.9 Å². The number of fused-ring (bicyclic) bond motifs is 2. The van der Waals surface area contributed by atoms with Gasteiger partial charge in [-0.2, -0.15) is 33.9 Å². The predicted octanol–water partition coefficient (Wildman–Crippen LogP) is 7.87. The number of aromatic nitrogens is 16. The smallest absolute Gasteiger partial charge is 0.333 e. The molecular formula is C96H82F2N24O12. The van der Waals surface area contributed by atoms with Gasteiger partial charge in [-0.05, 0) is 90.6 Å². The van der Waals surface area contributed by atoms with Crippen molar-refractivity contribution >= 4 is 92.3 Å². The summed E-state index contributed by atoms with van der Waals surface area (Å²) in [7, 11) is 0. The molecule has 0 aliphatic rings. The number of nitrogens with zero attached hydrogens (tertiary/aromatic N) is 16. The van der Waals surface area contributed by atoms with Gasteiger partial charge in [0.05, 0.1) is 34.0 Å². The average Bonchev–Trinajstić information content (AvgIpc) is 1.62. The fraction of sp³-hybridized carbons (Fsp3) is 0.125. The lowest BCUT2D eigenvalue weighted by atomic mass is 10.0. The average molecular weight is 1800 g/mol. The van der Waals surface area contributed by atoms with Crippen LogP contribution >= 0.6 is 0 Å². The standard InChI is InChI=1S/2C25H22N6O3.C23H18F2N6O3.C23H20N6O3/c1-16-12-21(24(34)29-20(22(32)23(26)33)13-17-8-4-2-5-9-17)30-31(16)25-27-14-19(15-28-25)18-10-6-3-7-11-18;1-16-12-21(24(34)29-20(22(32)23(26)33)13-17-8-4-2-5-9-17)31(30-16)25-27-14-19(15-28-25)18-10-6-3-7-11-18;24-23(25)31-12-14(19(30-31)18-11-27-15-8-4-5-9-16(15)28-18)22(34)29-17(20(32)21(26)33)10-13-6-2-1-3-7-13;1-14-11-19(28-29(14)23-25-13-16-9-5-6-10-17(16)27-23)22(32)26-18(20(30)21(24)31)12-15-7-3-2-4-8-15/h2*2-12,14-15,20H,13H2,1H3,(H2,26,33)(H,29,34);1-9,11-12,17,23H,10H2,(H2,26,33)(H,29,34);2-11,13,18H,12H2,1H3,(H2,24,31)(H,26,32). The Morgan fingerprint density at radius 3 is 1.10 bits per heavy atom. The van der Waals surface area contributed by atoms with Gasteiger partial charge in [-0.25, -0.2) is 48.9 Å². The summed E-state index contributed by atoms with van der Waals surface area (Å²) in [5.41, 5.74) is 30.8. The molecule has 8 aromatic heterocycles. The molecule has 8 aromatic carbocycles. The zero-order chi connectivity index (χ0) is 95.1. The number of hydrogen-bond acceptors (Lipinski definition) is 24. The van der Waals surface area contributed by atoms with Crippen LogP contribution in [0.1, 0.15) is 87.7 Å². The fourth-order valence-corrected chi connectivity index (χ4v) is 13.6. The highest BCUT2D eigenvalue weighted by molar-refractivity contribution is 6.39. The Kier molecular flexibility index (Phi) is 30.3. The SMILES string of the molecule is Cc1cc(C(=O)NC(Cc2ccccc2)C(=O)C(N)=O)n(-c2ncc(-c3ccccc3)cn2)n1.Cc1cc(C(=O)NC(Cc2ccccc2)C(=O)C(N)=O)nn1-c1ncc(-c2ccccc2)cn1.Cc1cc(C(=O)NC(Cc2ccccc2)C(=O)C(N)=O)nn1-c1ncc2ccccc2n1.NC(=O)C(=O)C(Cc1ccccc1)NC(=O)c1cn(C(F)F)nc1-c1cnc2ccccc2n1. The van der Waals surface area contributed by atoms with Gasteiger partial charge in [-0.1, -0.05) is 212 Å². The molecule has 38 heteroatoms. The first-order chi connectivity index (χ1) is 64.6. The molecule has 134 heavy (non-hydrogen) atoms. The maximum absolute atomic E-state index is 13.4. The van der Waals surface area contributed by atoms with Crippen molar-refractivity contribution in [1.82, 2.24) is 100 Å². The molecule has 0 aliphatic heterocycles. The number of alkyl halides is 2. The van der Waals surface area contributed by atoms with E-state index in [1.54, 1.807) is 197 Å². The second-order valence-electron chi connectivity index (χ2n) is 29.9. The first kappa shape index (κ1) is 93.4. The van der Waals surface area contributed by atoms with Crippen LogP contribution in [0.15, 0.2) is 292 Å². The van der Waals surface area contributed by atoms with E-state index in [1.165, 1.54) is 20.2 Å². The van der Waals surface area contributed by atoms with E-state index in [-0.39, 0.29) is 65.7 Å². The molecule has 672 valence electrons. The topological polar surface area (TPSA) is 531 Å². The number of carbonyl (C=O) groups excluding carboxylic acids is 12. The number of amides is 8. The molecule has 4 atom stereocenters. The zero-order valence-electron chi connectivity index (χ0n) is 71.5. The van der Waals surface area contributed by atoms with Crippen LogP contribution in [0.2, 0.25) is 0 Å². The molecule has 4 unspecified atom stereocenters. The molecule has 0 aliphatic carbocycles. The van der Waals surface area contributed by atoms with Gasteiger partial charge < -0.3 is 44.2 Å². The molecule has 0 saturated carbocycles. The third kappa shape index (κ3) is 23.9. The van der Waals surface area contributed by atoms with Crippen LogP contribution in [0.25, 0.3) is 73.4 Å². The Morgan fingerprint density at radius 2 is 0.687 bits per heavy atom. The van der Waals surface area contributed by atoms with E-state index in [0.717, 1.165) is 56.0 Å². The molecule has 16 rings (SSSR count). The third-order valence-electron chi connectivity index (χ3n) is 20.3. The molecule has 0 fully saturated rings. The number of nitrogens with one attached hydrogen (secondary N) is 4. The van der Waals surface area contributed by atoms with Crippen molar-refractivity contribution in [2.24, 2.45) is 22.9 Å². The quantitative estimate of drug-likeness (QED) is 0.0191. The Labute approximate surface area is 760 Å². The van der Waals surface area contributed by atoms with Crippen LogP contribution < -0.4 is 44.2 Å². The lowest BCUT2D eigenvalue weighted by Gasteiger charge is -2.16. The normalized spacial score (nSPS) is 11.7. The number of halogens is 2. The van der Waals surface area contributed by atoms with Gasteiger partial charge in [0, 0.05) is 90.8 Å². The Morgan fingerprint density at radius 1 is 0.336 bits per heavy atom. The van der Waals surface area contributed by atoms with Crippen LogP contribution in [0.4, 0.5) is 8.78 Å². The number of rotatable bonds is 31. The van der Waals surface area contributed by atoms with Crippen LogP contribution in [0, 0.1) is 20.8 Å². The summed E-state index contributed by atoms with van der Waals surface area (Å²) in [6, 6.07) is 69.5. The summed E-state index contributed by atoms with van der Waals surface area (Å²) in [5, 5.41) is 27.8. The lowest BCUT2D eigenvalue weighted by molar-refractivity contribution is -0.137. The molecule has 0 bridgehead atoms. The number of nitrogens with two attached hydrogens (primary N) is 4. The van der Waals surface area contributed by atoms with Crippen molar-refractivity contribution in [2.45, 2.75) is 77.2 Å². The maximum atomic E-state index is 13.4. The van der Waals surface area contributed by atoms with Gasteiger partial charge >= 0.3 is 6.55 Å². The van der Waals surface area contributed by atoms with Crippen molar-refractivity contribution in [1.29, 1.82) is 0 Å². The number of ketones is 4. The summed E-state index contributed by atoms with van der Waals surface area (Å²) in [6.45, 7) is 2.22. The molecular weight excluding hydrogens is 1720 g/mol. The minimum Gasteiger partial charge on any atom is -0.363 e. The van der Waals surface area contributed by atoms with Gasteiger partial charge in [0.2, 0.25) is 23.1 Å². The number of primary amides is 4. The van der Waals surface area contributed by atoms with Gasteiger partial charge in [-0.3, -0.25) is 62.5 Å². The molecule has 12 N–H and O–H groups in total. The van der Waals surface area contributed by atoms with Gasteiger partial charge in [0.15, 0.2) is 11.4 Å². The summed E-state index contributed by atoms with van der Waals surface area (Å²) in [6.07, 6.45) is 10.8. The molecule has 0 saturated heterocycles. The number of aryl methyl sites for hydroxylation is 3. The van der Waals surface area contributed by atoms with E-state index in [0.29, 0.717) is 50.3 Å². The maximum Gasteiger partial charge on any atom is 0.333 e. The summed E-state index contributed by atoms with van der Waals surface area (Å²) in [5.74, 6) is -10.2. The number of benzene rings is 8. The van der Waals surface area contributed by atoms with Crippen molar-refractivity contribution in [3.8, 4) is 51.5 Å². The van der Waals surface area contributed by atoms with Crippen LogP contribution in [-0.2, 0) is 64.0 Å². The molecule has 16 aromatic rings. The first-order valence-electron chi connectivity index (χ1n) is 41.1. The minimum atomic E-state index is -3.03. The van der Waals surface area contributed by atoms with Gasteiger partial charge in [0.1, 0.15) is 41.2 Å². The van der Waals surface area contributed by atoms with Crippen molar-refractivity contribution < 1.29 is 66.3 Å². The predicted molar refractivity (Wildman–Crippen MR) is 484 cm³/mol. The third-order valence-corrected chi connectivity index (χ3v) is 20.3. The van der Waals surface area contributed by atoms with E-state index in [9.17, 15) is 66.3 Å². The number of hydrogen-bond donors (Lipinski definition) is 8. The Bertz CT molecular complexity index is 7000. The highest BCUT2D eigenvalue weighted by Crippen LogP contribution is 2.27. The monoisotopic (exact) mass is 1800 g/mol. The Balaban J connectivity index is 0.000000152. The Hall–Kier alpha value is -18.3. The van der Waals surface area contributed by atoms with Crippen molar-refractivity contribution in [2.75, 3.05) is 0 Å². The highest BCUT2D eigenvalue weighted by Gasteiger charge is 2.34. The fourth-order valence-electron chi connectivity index (χ4n) is 13.6. The molecule has 36 nitrogen and oxygen atoms in total.